The van der Waals surface area contributed by atoms with Crippen LogP contribution >= 0.6 is 23.5 Å². The van der Waals surface area contributed by atoms with Crippen molar-refractivity contribution in [1.29, 1.82) is 0 Å². The fraction of sp³-hybridized carbons (Fsp3) is 0.321. The molecule has 3 aromatic carbocycles. The van der Waals surface area contributed by atoms with Crippen LogP contribution < -0.4 is 4.72 Å². The van der Waals surface area contributed by atoms with Gasteiger partial charge >= 0.3 is 0 Å². The van der Waals surface area contributed by atoms with E-state index in [4.69, 9.17) is 16.3 Å². The van der Waals surface area contributed by atoms with Crippen molar-refractivity contribution in [2.24, 2.45) is 0 Å². The molecule has 0 amide bonds. The third kappa shape index (κ3) is 6.91. The van der Waals surface area contributed by atoms with Crippen LogP contribution in [0.2, 0.25) is 5.02 Å². The SMILES string of the molecule is O=CC(NSc1ccc(CCOC2CCCC2)cc1)C(F)(F)c1ccc(-c2ccc(Cl)cc2)cc1. The molecular formula is C28H28ClF2NO2S. The van der Waals surface area contributed by atoms with Gasteiger partial charge in [-0.3, -0.25) is 0 Å². The Labute approximate surface area is 214 Å². The van der Waals surface area contributed by atoms with Crippen LogP contribution in [0.15, 0.2) is 77.7 Å². The van der Waals surface area contributed by atoms with Gasteiger partial charge in [0.15, 0.2) is 0 Å². The minimum Gasteiger partial charge on any atom is -0.378 e. The van der Waals surface area contributed by atoms with Gasteiger partial charge in [-0.15, -0.1) is 0 Å². The molecule has 1 saturated carbocycles. The van der Waals surface area contributed by atoms with Gasteiger partial charge in [-0.1, -0.05) is 73.0 Å². The number of carbonyl (C=O) groups excluding carboxylic acids is 1. The molecule has 4 rings (SSSR count). The number of hydrogen-bond acceptors (Lipinski definition) is 4. The quantitative estimate of drug-likeness (QED) is 0.212. The first-order chi connectivity index (χ1) is 17.0. The van der Waals surface area contributed by atoms with Crippen molar-refractivity contribution in [1.82, 2.24) is 4.72 Å². The van der Waals surface area contributed by atoms with E-state index in [0.29, 0.717) is 17.7 Å². The molecule has 0 aromatic heterocycles. The lowest BCUT2D eigenvalue weighted by Crippen LogP contribution is -2.41. The average molecular weight is 516 g/mol. The van der Waals surface area contributed by atoms with Crippen molar-refractivity contribution in [2.75, 3.05) is 6.61 Å². The highest BCUT2D eigenvalue weighted by molar-refractivity contribution is 7.97. The van der Waals surface area contributed by atoms with E-state index >= 15 is 8.78 Å². The fourth-order valence-electron chi connectivity index (χ4n) is 4.15. The van der Waals surface area contributed by atoms with Crippen molar-refractivity contribution < 1.29 is 18.3 Å². The molecule has 0 spiro atoms. The molecule has 3 nitrogen and oxygen atoms in total. The second kappa shape index (κ2) is 12.1. The van der Waals surface area contributed by atoms with E-state index < -0.39 is 12.0 Å². The number of carbonyl (C=O) groups is 1. The predicted molar refractivity (Wildman–Crippen MR) is 138 cm³/mol. The van der Waals surface area contributed by atoms with Crippen LogP contribution in [0.3, 0.4) is 0 Å². The normalized spacial score (nSPS) is 15.3. The van der Waals surface area contributed by atoms with E-state index in [1.165, 1.54) is 25.0 Å². The third-order valence-corrected chi connectivity index (χ3v) is 7.38. The second-order valence-corrected chi connectivity index (χ2v) is 10.1. The lowest BCUT2D eigenvalue weighted by atomic mass is 9.98. The van der Waals surface area contributed by atoms with Gasteiger partial charge in [0, 0.05) is 15.5 Å². The standard InChI is InChI=1S/C28H28ClF2NO2S/c29-24-13-9-22(10-14-24)21-7-11-23(12-8-21)28(30,31)27(19-33)32-35-26-15-5-20(6-16-26)17-18-34-25-3-1-2-4-25/h5-16,19,25,27,32H,1-4,17-18H2. The predicted octanol–water partition coefficient (Wildman–Crippen LogP) is 7.46. The monoisotopic (exact) mass is 515 g/mol. The Bertz CT molecular complexity index is 1090. The summed E-state index contributed by atoms with van der Waals surface area (Å²) in [6, 6.07) is 19.1. The number of rotatable bonds is 11. The van der Waals surface area contributed by atoms with Gasteiger partial charge in [0.05, 0.1) is 12.7 Å². The summed E-state index contributed by atoms with van der Waals surface area (Å²) in [7, 11) is 0. The van der Waals surface area contributed by atoms with Crippen molar-refractivity contribution >= 4 is 29.8 Å². The number of benzene rings is 3. The summed E-state index contributed by atoms with van der Waals surface area (Å²) in [5, 5.41) is 0.609. The van der Waals surface area contributed by atoms with Crippen molar-refractivity contribution in [3.05, 3.63) is 88.9 Å². The molecule has 35 heavy (non-hydrogen) atoms. The van der Waals surface area contributed by atoms with E-state index in [1.54, 1.807) is 24.3 Å². The minimum absolute atomic E-state index is 0.224. The summed E-state index contributed by atoms with van der Waals surface area (Å²) in [6.07, 6.45) is 6.26. The Hall–Kier alpha value is -2.25. The van der Waals surface area contributed by atoms with Crippen LogP contribution in [0, 0.1) is 0 Å². The molecule has 0 aliphatic heterocycles. The van der Waals surface area contributed by atoms with Crippen molar-refractivity contribution in [3.8, 4) is 11.1 Å². The molecule has 3 aromatic rings. The fourth-order valence-corrected chi connectivity index (χ4v) is 5.01. The smallest absolute Gasteiger partial charge is 0.295 e. The lowest BCUT2D eigenvalue weighted by molar-refractivity contribution is -0.119. The number of halogens is 3. The molecular weight excluding hydrogens is 488 g/mol. The number of hydrogen-bond donors (Lipinski definition) is 1. The molecule has 1 aliphatic rings. The molecule has 1 N–H and O–H groups in total. The maximum Gasteiger partial charge on any atom is 0.295 e. The first kappa shape index (κ1) is 25.8. The number of alkyl halides is 2. The van der Waals surface area contributed by atoms with Crippen LogP contribution in [0.4, 0.5) is 8.78 Å². The summed E-state index contributed by atoms with van der Waals surface area (Å²) in [6.45, 7) is 0.686. The summed E-state index contributed by atoms with van der Waals surface area (Å²) >= 11 is 6.94. The highest BCUT2D eigenvalue weighted by Crippen LogP contribution is 2.34. The first-order valence-electron chi connectivity index (χ1n) is 11.8. The van der Waals surface area contributed by atoms with Gasteiger partial charge in [-0.2, -0.15) is 8.78 Å². The lowest BCUT2D eigenvalue weighted by Gasteiger charge is -2.23. The molecule has 1 unspecified atom stereocenters. The van der Waals surface area contributed by atoms with Gasteiger partial charge in [-0.05, 0) is 72.2 Å². The van der Waals surface area contributed by atoms with Crippen LogP contribution in [0.1, 0.15) is 36.8 Å². The Morgan fingerprint density at radius 3 is 2.17 bits per heavy atom. The molecule has 7 heteroatoms. The highest BCUT2D eigenvalue weighted by atomic mass is 35.5. The molecule has 1 aliphatic carbocycles. The van der Waals surface area contributed by atoms with Gasteiger partial charge in [0.2, 0.25) is 0 Å². The third-order valence-electron chi connectivity index (χ3n) is 6.25. The van der Waals surface area contributed by atoms with E-state index in [2.05, 4.69) is 4.72 Å². The maximum absolute atomic E-state index is 15.1. The Balaban J connectivity index is 1.32. The summed E-state index contributed by atoms with van der Waals surface area (Å²) < 4.78 is 38.7. The summed E-state index contributed by atoms with van der Waals surface area (Å²) in [5.74, 6) is -3.37. The summed E-state index contributed by atoms with van der Waals surface area (Å²) in [5.41, 5.74) is 2.57. The zero-order valence-electron chi connectivity index (χ0n) is 19.3. The van der Waals surface area contributed by atoms with E-state index in [1.807, 2.05) is 36.4 Å². The Kier molecular flexibility index (Phi) is 8.95. The molecule has 1 atom stereocenters. The van der Waals surface area contributed by atoms with Crippen LogP contribution in [0.5, 0.6) is 0 Å². The molecule has 0 radical (unpaired) electrons. The summed E-state index contributed by atoms with van der Waals surface area (Å²) in [4.78, 5) is 12.3. The topological polar surface area (TPSA) is 38.3 Å². The number of nitrogens with one attached hydrogen (secondary N) is 1. The minimum atomic E-state index is -3.37. The van der Waals surface area contributed by atoms with Crippen LogP contribution in [-0.4, -0.2) is 25.0 Å². The molecule has 0 bridgehead atoms. The molecule has 0 saturated heterocycles. The zero-order valence-corrected chi connectivity index (χ0v) is 20.8. The Morgan fingerprint density at radius 2 is 1.57 bits per heavy atom. The zero-order chi connectivity index (χ0) is 24.7. The van der Waals surface area contributed by atoms with Crippen molar-refractivity contribution in [2.45, 2.75) is 55.1 Å². The molecule has 0 heterocycles. The largest absolute Gasteiger partial charge is 0.378 e. The molecule has 184 valence electrons. The van der Waals surface area contributed by atoms with Crippen LogP contribution in [0.25, 0.3) is 11.1 Å². The maximum atomic E-state index is 15.1. The van der Waals surface area contributed by atoms with Gasteiger partial charge < -0.3 is 9.53 Å². The number of ether oxygens (including phenoxy) is 1. The van der Waals surface area contributed by atoms with E-state index in [0.717, 1.165) is 52.8 Å². The van der Waals surface area contributed by atoms with Crippen LogP contribution in [-0.2, 0) is 21.9 Å². The van der Waals surface area contributed by atoms with Gasteiger partial charge in [0.25, 0.3) is 5.92 Å². The van der Waals surface area contributed by atoms with Crippen molar-refractivity contribution in [3.63, 3.8) is 0 Å². The molecule has 1 fully saturated rings. The number of aldehydes is 1. The van der Waals surface area contributed by atoms with E-state index in [9.17, 15) is 4.79 Å². The highest BCUT2D eigenvalue weighted by Gasteiger charge is 2.41. The first-order valence-corrected chi connectivity index (χ1v) is 13.0. The second-order valence-electron chi connectivity index (χ2n) is 8.71. The average Bonchev–Trinajstić information content (AvgIpc) is 3.39. The van der Waals surface area contributed by atoms with Gasteiger partial charge in [-0.25, -0.2) is 4.72 Å². The Morgan fingerprint density at radius 1 is 0.971 bits per heavy atom. The van der Waals surface area contributed by atoms with Gasteiger partial charge in [0.1, 0.15) is 12.3 Å². The van der Waals surface area contributed by atoms with E-state index in [-0.39, 0.29) is 11.8 Å².